The molecule has 0 aliphatic heterocycles. The van der Waals surface area contributed by atoms with E-state index in [0.717, 1.165) is 40.1 Å². The van der Waals surface area contributed by atoms with Crippen molar-refractivity contribution >= 4 is 28.7 Å². The number of esters is 3. The van der Waals surface area contributed by atoms with Gasteiger partial charge >= 0.3 is 17.9 Å². The second-order valence-electron chi connectivity index (χ2n) is 8.19. The van der Waals surface area contributed by atoms with Crippen LogP contribution >= 0.6 is 0 Å². The Morgan fingerprint density at radius 2 is 1.36 bits per heavy atom. The molecule has 0 aromatic heterocycles. The smallest absolute Gasteiger partial charge is 0.343 e. The predicted octanol–water partition coefficient (Wildman–Crippen LogP) is 6.16. The summed E-state index contributed by atoms with van der Waals surface area (Å²) in [6.07, 6.45) is 2.05. The van der Waals surface area contributed by atoms with E-state index in [2.05, 4.69) is 13.2 Å². The SMILES string of the molecule is C=CC(=O)OCOc1ccc(-c2ccc3cc(OC(=O)c4ccc(COC(=O)C=C)c(F)c4)ccc3c2)cc1. The Kier molecular flexibility index (Phi) is 8.48. The van der Waals surface area contributed by atoms with Gasteiger partial charge < -0.3 is 18.9 Å². The van der Waals surface area contributed by atoms with Gasteiger partial charge in [0.2, 0.25) is 6.79 Å². The number of fused-ring (bicyclic) bond motifs is 1. The third-order valence-corrected chi connectivity index (χ3v) is 5.63. The number of benzene rings is 4. The van der Waals surface area contributed by atoms with Gasteiger partial charge in [-0.2, -0.15) is 0 Å². The van der Waals surface area contributed by atoms with Crippen molar-refractivity contribution in [1.82, 2.24) is 0 Å². The lowest BCUT2D eigenvalue weighted by Gasteiger charge is -2.10. The molecule has 4 aromatic carbocycles. The molecule has 0 amide bonds. The van der Waals surface area contributed by atoms with Crippen LogP contribution in [0.1, 0.15) is 15.9 Å². The second kappa shape index (κ2) is 12.3. The monoisotopic (exact) mass is 526 g/mol. The lowest BCUT2D eigenvalue weighted by molar-refractivity contribution is -0.144. The van der Waals surface area contributed by atoms with Crippen LogP contribution in [0.4, 0.5) is 4.39 Å². The van der Waals surface area contributed by atoms with Crippen LogP contribution in [-0.2, 0) is 25.7 Å². The average molecular weight is 527 g/mol. The van der Waals surface area contributed by atoms with E-state index < -0.39 is 23.7 Å². The van der Waals surface area contributed by atoms with E-state index >= 15 is 0 Å². The molecule has 0 heterocycles. The summed E-state index contributed by atoms with van der Waals surface area (Å²) in [4.78, 5) is 34.8. The molecule has 0 aliphatic carbocycles. The maximum Gasteiger partial charge on any atom is 0.343 e. The summed E-state index contributed by atoms with van der Waals surface area (Å²) >= 11 is 0. The van der Waals surface area contributed by atoms with Crippen LogP contribution in [0.25, 0.3) is 21.9 Å². The third kappa shape index (κ3) is 6.95. The number of carbonyl (C=O) groups is 3. The minimum atomic E-state index is -0.721. The minimum absolute atomic E-state index is 0.0213. The van der Waals surface area contributed by atoms with Gasteiger partial charge in [0, 0.05) is 17.7 Å². The molecule has 8 heteroatoms. The van der Waals surface area contributed by atoms with Crippen LogP contribution in [0.5, 0.6) is 11.5 Å². The highest BCUT2D eigenvalue weighted by atomic mass is 19.1. The van der Waals surface area contributed by atoms with Crippen molar-refractivity contribution in [3.8, 4) is 22.6 Å². The van der Waals surface area contributed by atoms with Crippen molar-refractivity contribution in [3.05, 3.63) is 121 Å². The van der Waals surface area contributed by atoms with Gasteiger partial charge in [-0.15, -0.1) is 0 Å². The first kappa shape index (κ1) is 26.8. The van der Waals surface area contributed by atoms with E-state index in [1.165, 1.54) is 12.1 Å². The molecule has 0 N–H and O–H groups in total. The largest absolute Gasteiger partial charge is 0.458 e. The molecule has 0 aliphatic rings. The zero-order chi connectivity index (χ0) is 27.8. The van der Waals surface area contributed by atoms with Gasteiger partial charge in [-0.1, -0.05) is 49.6 Å². The highest BCUT2D eigenvalue weighted by Crippen LogP contribution is 2.29. The van der Waals surface area contributed by atoms with E-state index in [-0.39, 0.29) is 24.5 Å². The minimum Gasteiger partial charge on any atom is -0.458 e. The zero-order valence-electron chi connectivity index (χ0n) is 20.7. The lowest BCUT2D eigenvalue weighted by Crippen LogP contribution is -2.10. The van der Waals surface area contributed by atoms with E-state index in [0.29, 0.717) is 11.5 Å². The molecule has 0 bridgehead atoms. The number of rotatable bonds is 10. The molecule has 0 fully saturated rings. The fourth-order valence-electron chi connectivity index (χ4n) is 3.59. The third-order valence-electron chi connectivity index (χ3n) is 5.63. The summed E-state index contributed by atoms with van der Waals surface area (Å²) in [7, 11) is 0. The van der Waals surface area contributed by atoms with Gasteiger partial charge in [0.15, 0.2) is 0 Å². The Balaban J connectivity index is 1.41. The molecule has 0 unspecified atom stereocenters. The van der Waals surface area contributed by atoms with Gasteiger partial charge in [0.25, 0.3) is 0 Å². The molecule has 196 valence electrons. The Labute approximate surface area is 223 Å². The molecule has 0 saturated heterocycles. The Bertz CT molecular complexity index is 1560. The molecule has 0 spiro atoms. The number of carbonyl (C=O) groups excluding carboxylic acids is 3. The normalized spacial score (nSPS) is 10.4. The molecule has 7 nitrogen and oxygen atoms in total. The summed E-state index contributed by atoms with van der Waals surface area (Å²) in [5.41, 5.74) is 2.06. The van der Waals surface area contributed by atoms with Crippen LogP contribution in [0, 0.1) is 5.82 Å². The van der Waals surface area contributed by atoms with Crippen molar-refractivity contribution in [2.45, 2.75) is 6.61 Å². The molecular formula is C31H23FO7. The summed E-state index contributed by atoms with van der Waals surface area (Å²) in [6.45, 7) is 6.12. The van der Waals surface area contributed by atoms with Gasteiger partial charge in [-0.25, -0.2) is 18.8 Å². The van der Waals surface area contributed by atoms with E-state index in [9.17, 15) is 18.8 Å². The van der Waals surface area contributed by atoms with E-state index in [1.54, 1.807) is 24.3 Å². The first-order chi connectivity index (χ1) is 18.9. The molecular weight excluding hydrogens is 503 g/mol. The summed E-state index contributed by atoms with van der Waals surface area (Å²) in [6, 6.07) is 22.1. The zero-order valence-corrected chi connectivity index (χ0v) is 20.7. The molecule has 4 rings (SSSR count). The van der Waals surface area contributed by atoms with Crippen LogP contribution in [0.2, 0.25) is 0 Å². The fraction of sp³-hybridized carbons (Fsp3) is 0.0645. The highest BCUT2D eigenvalue weighted by Gasteiger charge is 2.13. The van der Waals surface area contributed by atoms with E-state index in [4.69, 9.17) is 18.9 Å². The molecule has 4 aromatic rings. The maximum atomic E-state index is 14.4. The van der Waals surface area contributed by atoms with Gasteiger partial charge in [0.1, 0.15) is 23.9 Å². The number of hydrogen-bond donors (Lipinski definition) is 0. The van der Waals surface area contributed by atoms with Crippen molar-refractivity contribution in [3.63, 3.8) is 0 Å². The van der Waals surface area contributed by atoms with Gasteiger partial charge in [-0.05, 0) is 64.4 Å². The lowest BCUT2D eigenvalue weighted by atomic mass is 10.0. The summed E-state index contributed by atoms with van der Waals surface area (Å²) in [5.74, 6) is -1.79. The predicted molar refractivity (Wildman–Crippen MR) is 143 cm³/mol. The van der Waals surface area contributed by atoms with Crippen molar-refractivity contribution < 1.29 is 37.7 Å². The average Bonchev–Trinajstić information content (AvgIpc) is 2.96. The quantitative estimate of drug-likeness (QED) is 0.106. The van der Waals surface area contributed by atoms with E-state index in [1.807, 2.05) is 36.4 Å². The van der Waals surface area contributed by atoms with Crippen molar-refractivity contribution in [1.29, 1.82) is 0 Å². The first-order valence-corrected chi connectivity index (χ1v) is 11.7. The Morgan fingerprint density at radius 3 is 2.08 bits per heavy atom. The molecule has 0 atom stereocenters. The van der Waals surface area contributed by atoms with Gasteiger partial charge in [0.05, 0.1) is 5.56 Å². The van der Waals surface area contributed by atoms with Gasteiger partial charge in [-0.3, -0.25) is 0 Å². The number of hydrogen-bond acceptors (Lipinski definition) is 7. The standard InChI is InChI=1S/C31H23FO7/c1-3-29(33)36-18-25-8-7-24(17-28(25)32)31(35)39-27-14-11-22-15-21(5-6-23(22)16-27)20-9-12-26(13-10-20)37-19-38-30(34)4-2/h3-17H,1-2,18-19H2. The number of ether oxygens (including phenoxy) is 4. The Hall–Kier alpha value is -5.24. The molecule has 0 radical (unpaired) electrons. The van der Waals surface area contributed by atoms with Crippen LogP contribution in [0.3, 0.4) is 0 Å². The topological polar surface area (TPSA) is 88.1 Å². The maximum absolute atomic E-state index is 14.4. The second-order valence-corrected chi connectivity index (χ2v) is 8.19. The molecule has 39 heavy (non-hydrogen) atoms. The number of halogens is 1. The van der Waals surface area contributed by atoms with Crippen LogP contribution in [-0.4, -0.2) is 24.7 Å². The summed E-state index contributed by atoms with van der Waals surface area (Å²) < 4.78 is 34.8. The van der Waals surface area contributed by atoms with Crippen LogP contribution < -0.4 is 9.47 Å². The van der Waals surface area contributed by atoms with Crippen molar-refractivity contribution in [2.75, 3.05) is 6.79 Å². The summed E-state index contributed by atoms with van der Waals surface area (Å²) in [5, 5.41) is 1.77. The fourth-order valence-corrected chi connectivity index (χ4v) is 3.59. The first-order valence-electron chi connectivity index (χ1n) is 11.7. The van der Waals surface area contributed by atoms with Crippen molar-refractivity contribution in [2.24, 2.45) is 0 Å². The molecule has 0 saturated carbocycles. The Morgan fingerprint density at radius 1 is 0.718 bits per heavy atom. The van der Waals surface area contributed by atoms with Crippen LogP contribution in [0.15, 0.2) is 104 Å². The highest BCUT2D eigenvalue weighted by molar-refractivity contribution is 5.93.